The van der Waals surface area contributed by atoms with Crippen LogP contribution in [0.15, 0.2) is 23.1 Å². The number of anilines is 1. The van der Waals surface area contributed by atoms with Crippen molar-refractivity contribution in [2.45, 2.75) is 19.5 Å². The number of pyridine rings is 1. The van der Waals surface area contributed by atoms with Crippen molar-refractivity contribution in [3.8, 4) is 0 Å². The summed E-state index contributed by atoms with van der Waals surface area (Å²) in [6, 6.07) is 4.10. The number of hydrogen-bond donors (Lipinski definition) is 2. The smallest absolute Gasteiger partial charge is 0.256 e. The highest BCUT2D eigenvalue weighted by molar-refractivity contribution is 7.71. The lowest BCUT2D eigenvalue weighted by Gasteiger charge is -2.27. The summed E-state index contributed by atoms with van der Waals surface area (Å²) < 4.78 is 0.403. The zero-order valence-electron chi connectivity index (χ0n) is 12.7. The molecule has 2 N–H and O–H groups in total. The molecule has 0 spiro atoms. The van der Waals surface area contributed by atoms with Crippen LogP contribution in [-0.4, -0.2) is 40.5 Å². The summed E-state index contributed by atoms with van der Waals surface area (Å²) in [5.41, 5.74) is 2.82. The Labute approximate surface area is 133 Å². The summed E-state index contributed by atoms with van der Waals surface area (Å²) in [5.74, 6) is 0.941. The van der Waals surface area contributed by atoms with E-state index in [-0.39, 0.29) is 5.56 Å². The van der Waals surface area contributed by atoms with Crippen molar-refractivity contribution in [2.75, 3.05) is 25.5 Å². The number of rotatable bonds is 3. The average molecular weight is 317 g/mol. The topological polar surface area (TPSA) is 68.0 Å². The van der Waals surface area contributed by atoms with Crippen LogP contribution in [0.4, 0.5) is 5.82 Å². The SMILES string of the molecule is CN(C)c1ccc(CN2CCc3[nH]c(=S)[nH]c(=O)c3C2)cn1. The summed E-state index contributed by atoms with van der Waals surface area (Å²) in [6.07, 6.45) is 2.71. The van der Waals surface area contributed by atoms with E-state index >= 15 is 0 Å². The third-order valence-electron chi connectivity index (χ3n) is 3.86. The van der Waals surface area contributed by atoms with Gasteiger partial charge in [0.15, 0.2) is 4.77 Å². The van der Waals surface area contributed by atoms with Crippen LogP contribution >= 0.6 is 12.2 Å². The predicted octanol–water partition coefficient (Wildman–Crippen LogP) is 1.45. The van der Waals surface area contributed by atoms with E-state index in [1.54, 1.807) is 0 Å². The highest BCUT2D eigenvalue weighted by atomic mass is 32.1. The summed E-state index contributed by atoms with van der Waals surface area (Å²) in [4.78, 5) is 26.4. The predicted molar refractivity (Wildman–Crippen MR) is 88.6 cm³/mol. The van der Waals surface area contributed by atoms with Crippen molar-refractivity contribution in [2.24, 2.45) is 0 Å². The van der Waals surface area contributed by atoms with E-state index in [1.165, 1.54) is 0 Å². The molecule has 3 rings (SSSR count). The van der Waals surface area contributed by atoms with Crippen LogP contribution in [0.5, 0.6) is 0 Å². The molecule has 3 heterocycles. The second-order valence-corrected chi connectivity index (χ2v) is 6.15. The van der Waals surface area contributed by atoms with Crippen molar-refractivity contribution >= 4 is 18.0 Å². The second-order valence-electron chi connectivity index (χ2n) is 5.75. The molecule has 1 aliphatic heterocycles. The second kappa shape index (κ2) is 6.02. The Morgan fingerprint density at radius 1 is 1.36 bits per heavy atom. The number of aromatic amines is 2. The van der Waals surface area contributed by atoms with Crippen LogP contribution < -0.4 is 10.5 Å². The molecule has 6 nitrogen and oxygen atoms in total. The molecule has 0 saturated heterocycles. The Kier molecular flexibility index (Phi) is 4.08. The first-order valence-corrected chi connectivity index (χ1v) is 7.63. The zero-order chi connectivity index (χ0) is 15.7. The van der Waals surface area contributed by atoms with Gasteiger partial charge in [0.05, 0.1) is 5.56 Å². The fourth-order valence-electron chi connectivity index (χ4n) is 2.68. The van der Waals surface area contributed by atoms with Crippen LogP contribution in [-0.2, 0) is 19.5 Å². The van der Waals surface area contributed by atoms with E-state index in [2.05, 4.69) is 25.9 Å². The summed E-state index contributed by atoms with van der Waals surface area (Å²) in [6.45, 7) is 2.32. The van der Waals surface area contributed by atoms with Gasteiger partial charge in [0.1, 0.15) is 5.82 Å². The van der Waals surface area contributed by atoms with Crippen LogP contribution in [0.25, 0.3) is 0 Å². The molecule has 22 heavy (non-hydrogen) atoms. The minimum Gasteiger partial charge on any atom is -0.363 e. The maximum Gasteiger partial charge on any atom is 0.256 e. The van der Waals surface area contributed by atoms with Crippen molar-refractivity contribution < 1.29 is 0 Å². The van der Waals surface area contributed by atoms with Gasteiger partial charge >= 0.3 is 0 Å². The molecule has 0 fully saturated rings. The fourth-order valence-corrected chi connectivity index (χ4v) is 2.90. The van der Waals surface area contributed by atoms with E-state index in [0.717, 1.165) is 42.1 Å². The van der Waals surface area contributed by atoms with Crippen LogP contribution in [0.3, 0.4) is 0 Å². The number of fused-ring (bicyclic) bond motifs is 1. The zero-order valence-corrected chi connectivity index (χ0v) is 13.5. The standard InChI is InChI=1S/C15H19N5OS/c1-19(2)13-4-3-10(7-16-13)8-20-6-5-12-11(9-20)14(21)18-15(22)17-12/h3-4,7H,5-6,8-9H2,1-2H3,(H2,17,18,21,22). The Balaban J connectivity index is 1.75. The lowest BCUT2D eigenvalue weighted by atomic mass is 10.1. The monoisotopic (exact) mass is 317 g/mol. The Morgan fingerprint density at radius 3 is 2.86 bits per heavy atom. The molecule has 2 aromatic rings. The van der Waals surface area contributed by atoms with Gasteiger partial charge in [-0.2, -0.15) is 0 Å². The van der Waals surface area contributed by atoms with Gasteiger partial charge in [0.2, 0.25) is 0 Å². The normalized spacial score (nSPS) is 14.6. The molecular formula is C15H19N5OS. The van der Waals surface area contributed by atoms with Gasteiger partial charge in [-0.05, 0) is 23.8 Å². The van der Waals surface area contributed by atoms with Gasteiger partial charge in [0, 0.05) is 52.0 Å². The van der Waals surface area contributed by atoms with Gasteiger partial charge in [-0.3, -0.25) is 14.7 Å². The Morgan fingerprint density at radius 2 is 2.18 bits per heavy atom. The summed E-state index contributed by atoms with van der Waals surface area (Å²) in [7, 11) is 3.94. The van der Waals surface area contributed by atoms with Crippen molar-refractivity contribution in [3.05, 3.63) is 50.3 Å². The molecule has 0 bridgehead atoms. The molecule has 0 saturated carbocycles. The van der Waals surface area contributed by atoms with E-state index < -0.39 is 0 Å². The largest absolute Gasteiger partial charge is 0.363 e. The molecule has 1 aliphatic rings. The molecule has 0 radical (unpaired) electrons. The molecule has 116 valence electrons. The number of aromatic nitrogens is 3. The maximum absolute atomic E-state index is 12.0. The number of nitrogens with zero attached hydrogens (tertiary/aromatic N) is 3. The van der Waals surface area contributed by atoms with Gasteiger partial charge in [-0.15, -0.1) is 0 Å². The molecule has 0 aromatic carbocycles. The third kappa shape index (κ3) is 3.10. The first-order valence-electron chi connectivity index (χ1n) is 7.22. The van der Waals surface area contributed by atoms with Gasteiger partial charge < -0.3 is 9.88 Å². The Hall–Kier alpha value is -1.99. The van der Waals surface area contributed by atoms with E-state index in [1.807, 2.05) is 31.3 Å². The lowest BCUT2D eigenvalue weighted by Crippen LogP contribution is -2.35. The fraction of sp³-hybridized carbons (Fsp3) is 0.400. The van der Waals surface area contributed by atoms with Gasteiger partial charge in [-0.1, -0.05) is 6.07 Å². The molecule has 0 atom stereocenters. The first kappa shape index (κ1) is 14.9. The molecule has 0 aliphatic carbocycles. The quantitative estimate of drug-likeness (QED) is 0.839. The van der Waals surface area contributed by atoms with Crippen molar-refractivity contribution in [3.63, 3.8) is 0 Å². The van der Waals surface area contributed by atoms with E-state index in [4.69, 9.17) is 12.2 Å². The van der Waals surface area contributed by atoms with Crippen molar-refractivity contribution in [1.29, 1.82) is 0 Å². The highest BCUT2D eigenvalue weighted by Gasteiger charge is 2.19. The number of nitrogens with one attached hydrogen (secondary N) is 2. The lowest BCUT2D eigenvalue weighted by molar-refractivity contribution is 0.241. The molecule has 7 heteroatoms. The molecule has 0 unspecified atom stereocenters. The van der Waals surface area contributed by atoms with Gasteiger partial charge in [0.25, 0.3) is 5.56 Å². The first-order chi connectivity index (χ1) is 10.5. The Bertz CT molecular complexity index is 778. The van der Waals surface area contributed by atoms with E-state index in [0.29, 0.717) is 11.3 Å². The summed E-state index contributed by atoms with van der Waals surface area (Å²) in [5, 5.41) is 0. The van der Waals surface area contributed by atoms with Gasteiger partial charge in [-0.25, -0.2) is 4.98 Å². The molecule has 2 aromatic heterocycles. The third-order valence-corrected chi connectivity index (χ3v) is 4.07. The maximum atomic E-state index is 12.0. The van der Waals surface area contributed by atoms with E-state index in [9.17, 15) is 4.79 Å². The van der Waals surface area contributed by atoms with Crippen LogP contribution in [0, 0.1) is 4.77 Å². The van der Waals surface area contributed by atoms with Crippen LogP contribution in [0.2, 0.25) is 0 Å². The van der Waals surface area contributed by atoms with Crippen LogP contribution in [0.1, 0.15) is 16.8 Å². The number of hydrogen-bond acceptors (Lipinski definition) is 5. The number of H-pyrrole nitrogens is 2. The minimum atomic E-state index is -0.0791. The molecular weight excluding hydrogens is 298 g/mol. The molecule has 0 amide bonds. The average Bonchev–Trinajstić information content (AvgIpc) is 2.48. The van der Waals surface area contributed by atoms with Crippen molar-refractivity contribution in [1.82, 2.24) is 19.9 Å². The minimum absolute atomic E-state index is 0.0791. The summed E-state index contributed by atoms with van der Waals surface area (Å²) >= 11 is 5.02. The highest BCUT2D eigenvalue weighted by Crippen LogP contribution is 2.16.